The predicted molar refractivity (Wildman–Crippen MR) is 158 cm³/mol. The molecule has 3 aromatic rings. The molecule has 0 saturated heterocycles. The van der Waals surface area contributed by atoms with Crippen LogP contribution in [-0.4, -0.2) is 55.7 Å². The Bertz CT molecular complexity index is 1350. The van der Waals surface area contributed by atoms with Crippen LogP contribution in [0.25, 0.3) is 16.1 Å². The lowest BCUT2D eigenvalue weighted by Crippen LogP contribution is -2.39. The molecule has 1 aliphatic carbocycles. The molecule has 0 unspecified atom stereocenters. The third-order valence-electron chi connectivity index (χ3n) is 7.18. The fraction of sp³-hybridized carbons (Fsp3) is 0.500. The van der Waals surface area contributed by atoms with E-state index in [9.17, 15) is 4.79 Å². The van der Waals surface area contributed by atoms with Gasteiger partial charge in [-0.2, -0.15) is 4.98 Å². The van der Waals surface area contributed by atoms with Crippen LogP contribution in [0, 0.1) is 5.41 Å². The summed E-state index contributed by atoms with van der Waals surface area (Å²) < 4.78 is 11.6. The number of ether oxygens (including phenoxy) is 2. The SMILES string of the molecule is CC1(C)CCC(Oc2nccc(-c3cnc(Nc4ccc(C5=CCN(C(=O)OC(C)(C)C)CC5)cn4)s3)n2)CC1. The first kappa shape index (κ1) is 28.0. The number of carbonyl (C=O) groups excluding carboxylic acids is 1. The van der Waals surface area contributed by atoms with Gasteiger partial charge in [-0.3, -0.25) is 0 Å². The van der Waals surface area contributed by atoms with E-state index in [1.165, 1.54) is 16.9 Å². The highest BCUT2D eigenvalue weighted by Gasteiger charge is 2.28. The highest BCUT2D eigenvalue weighted by atomic mass is 32.1. The summed E-state index contributed by atoms with van der Waals surface area (Å²) in [6.45, 7) is 11.4. The Morgan fingerprint density at radius 1 is 1.10 bits per heavy atom. The molecule has 40 heavy (non-hydrogen) atoms. The van der Waals surface area contributed by atoms with E-state index in [4.69, 9.17) is 9.47 Å². The van der Waals surface area contributed by atoms with Crippen molar-refractivity contribution in [3.63, 3.8) is 0 Å². The van der Waals surface area contributed by atoms with Crippen LogP contribution in [0.4, 0.5) is 15.7 Å². The molecule has 1 amide bonds. The number of pyridine rings is 1. The topological polar surface area (TPSA) is 102 Å². The van der Waals surface area contributed by atoms with E-state index in [2.05, 4.69) is 45.2 Å². The normalized spacial score (nSPS) is 17.7. The van der Waals surface area contributed by atoms with Gasteiger partial charge in [0.25, 0.3) is 0 Å². The van der Waals surface area contributed by atoms with Crippen molar-refractivity contribution >= 4 is 34.0 Å². The van der Waals surface area contributed by atoms with Crippen molar-refractivity contribution in [2.75, 3.05) is 18.4 Å². The molecule has 2 aliphatic rings. The molecule has 212 valence electrons. The average molecular weight is 563 g/mol. The number of nitrogens with one attached hydrogen (secondary N) is 1. The van der Waals surface area contributed by atoms with Crippen molar-refractivity contribution in [2.45, 2.75) is 78.4 Å². The first-order valence-corrected chi connectivity index (χ1v) is 14.7. The maximum atomic E-state index is 12.3. The van der Waals surface area contributed by atoms with Crippen LogP contribution in [0.15, 0.2) is 42.9 Å². The van der Waals surface area contributed by atoms with Crippen LogP contribution >= 0.6 is 11.3 Å². The molecule has 10 heteroatoms. The third-order valence-corrected chi connectivity index (χ3v) is 8.12. The summed E-state index contributed by atoms with van der Waals surface area (Å²) in [6.07, 6.45) is 12.5. The third kappa shape index (κ3) is 7.35. The van der Waals surface area contributed by atoms with E-state index in [-0.39, 0.29) is 12.2 Å². The monoisotopic (exact) mass is 562 g/mol. The van der Waals surface area contributed by atoms with Gasteiger partial charge >= 0.3 is 12.1 Å². The molecule has 0 aromatic carbocycles. The van der Waals surface area contributed by atoms with Gasteiger partial charge in [-0.1, -0.05) is 31.3 Å². The molecular weight excluding hydrogens is 524 g/mol. The summed E-state index contributed by atoms with van der Waals surface area (Å²) >= 11 is 1.51. The standard InChI is InChI=1S/C30H38N6O3S/c1-29(2,3)39-28(37)36-16-11-20(12-17-36)21-6-7-25(32-18-21)35-27-33-19-24(40-27)23-10-15-31-26(34-23)38-22-8-13-30(4,5)14-9-22/h6-7,10-11,15,18-19,22H,8-9,12-14,16-17H2,1-5H3,(H,32,33,35). The number of hydrogen-bond donors (Lipinski definition) is 1. The lowest BCUT2D eigenvalue weighted by molar-refractivity contribution is 0.0270. The van der Waals surface area contributed by atoms with Crippen molar-refractivity contribution in [1.29, 1.82) is 0 Å². The molecule has 1 fully saturated rings. The first-order chi connectivity index (χ1) is 19.0. The van der Waals surface area contributed by atoms with Crippen molar-refractivity contribution in [3.05, 3.63) is 48.4 Å². The number of thiazole rings is 1. The van der Waals surface area contributed by atoms with E-state index < -0.39 is 5.60 Å². The maximum Gasteiger partial charge on any atom is 0.410 e. The number of aromatic nitrogens is 4. The first-order valence-electron chi connectivity index (χ1n) is 13.9. The van der Waals surface area contributed by atoms with E-state index in [1.807, 2.05) is 45.2 Å². The maximum absolute atomic E-state index is 12.3. The van der Waals surface area contributed by atoms with Crippen LogP contribution in [0.2, 0.25) is 0 Å². The Labute approximate surface area is 240 Å². The number of rotatable bonds is 6. The molecule has 0 atom stereocenters. The molecule has 3 aromatic heterocycles. The van der Waals surface area contributed by atoms with Crippen LogP contribution < -0.4 is 10.1 Å². The Morgan fingerprint density at radius 2 is 1.90 bits per heavy atom. The Hall–Kier alpha value is -3.53. The largest absolute Gasteiger partial charge is 0.460 e. The van der Waals surface area contributed by atoms with Crippen LogP contribution in [0.5, 0.6) is 6.01 Å². The quantitative estimate of drug-likeness (QED) is 0.339. The van der Waals surface area contributed by atoms with Crippen molar-refractivity contribution in [1.82, 2.24) is 24.8 Å². The minimum absolute atomic E-state index is 0.171. The molecule has 1 N–H and O–H groups in total. The zero-order chi connectivity index (χ0) is 28.3. The van der Waals surface area contributed by atoms with Crippen molar-refractivity contribution in [2.24, 2.45) is 5.41 Å². The lowest BCUT2D eigenvalue weighted by Gasteiger charge is -2.33. The van der Waals surface area contributed by atoms with E-state index in [0.717, 1.165) is 53.4 Å². The molecule has 0 radical (unpaired) electrons. The molecule has 9 nitrogen and oxygen atoms in total. The van der Waals surface area contributed by atoms with Crippen molar-refractivity contribution in [3.8, 4) is 16.6 Å². The van der Waals surface area contributed by atoms with Gasteiger partial charge in [0.2, 0.25) is 0 Å². The fourth-order valence-corrected chi connectivity index (χ4v) is 5.61. The summed E-state index contributed by atoms with van der Waals surface area (Å²) in [5.41, 5.74) is 2.91. The van der Waals surface area contributed by atoms with Gasteiger partial charge in [-0.05, 0) is 87.6 Å². The number of nitrogens with zero attached hydrogens (tertiary/aromatic N) is 5. The molecule has 0 spiro atoms. The summed E-state index contributed by atoms with van der Waals surface area (Å²) in [4.78, 5) is 33.1. The second-order valence-corrected chi connectivity index (χ2v) is 13.2. The molecule has 1 saturated carbocycles. The van der Waals surface area contributed by atoms with Crippen LogP contribution in [-0.2, 0) is 4.74 Å². The number of amides is 1. The zero-order valence-electron chi connectivity index (χ0n) is 23.9. The predicted octanol–water partition coefficient (Wildman–Crippen LogP) is 7.11. The summed E-state index contributed by atoms with van der Waals surface area (Å²) in [7, 11) is 0. The highest BCUT2D eigenvalue weighted by molar-refractivity contribution is 7.18. The van der Waals surface area contributed by atoms with E-state index >= 15 is 0 Å². The van der Waals surface area contributed by atoms with Crippen LogP contribution in [0.3, 0.4) is 0 Å². The minimum Gasteiger partial charge on any atom is -0.460 e. The molecular formula is C30H38N6O3S. The van der Waals surface area contributed by atoms with Gasteiger partial charge in [0.1, 0.15) is 17.5 Å². The second-order valence-electron chi connectivity index (χ2n) is 12.2. The minimum atomic E-state index is -0.495. The van der Waals surface area contributed by atoms with Crippen LogP contribution in [0.1, 0.15) is 72.3 Å². The fourth-order valence-electron chi connectivity index (χ4n) is 4.82. The molecule has 4 heterocycles. The molecule has 0 bridgehead atoms. The number of hydrogen-bond acceptors (Lipinski definition) is 9. The Morgan fingerprint density at radius 3 is 2.58 bits per heavy atom. The number of carbonyl (C=O) groups is 1. The number of anilines is 2. The highest BCUT2D eigenvalue weighted by Crippen LogP contribution is 2.36. The zero-order valence-corrected chi connectivity index (χ0v) is 24.8. The summed E-state index contributed by atoms with van der Waals surface area (Å²) in [6, 6.07) is 6.29. The van der Waals surface area contributed by atoms with Gasteiger partial charge in [0.05, 0.1) is 10.6 Å². The Kier molecular flexibility index (Phi) is 8.07. The smallest absolute Gasteiger partial charge is 0.410 e. The van der Waals surface area contributed by atoms with Gasteiger partial charge < -0.3 is 19.7 Å². The lowest BCUT2D eigenvalue weighted by atomic mass is 9.76. The van der Waals surface area contributed by atoms with Crippen molar-refractivity contribution < 1.29 is 14.3 Å². The summed E-state index contributed by atoms with van der Waals surface area (Å²) in [5, 5.41) is 4.02. The van der Waals surface area contributed by atoms with Gasteiger partial charge in [0, 0.05) is 31.7 Å². The van der Waals surface area contributed by atoms with Gasteiger partial charge in [-0.15, -0.1) is 0 Å². The molecule has 5 rings (SSSR count). The van der Waals surface area contributed by atoms with Gasteiger partial charge in [-0.25, -0.2) is 19.7 Å². The van der Waals surface area contributed by atoms with E-state index in [0.29, 0.717) is 30.3 Å². The van der Waals surface area contributed by atoms with E-state index in [1.54, 1.807) is 17.3 Å². The second kappa shape index (κ2) is 11.5. The molecule has 1 aliphatic heterocycles. The average Bonchev–Trinajstić information content (AvgIpc) is 3.38. The van der Waals surface area contributed by atoms with Gasteiger partial charge in [0.15, 0.2) is 5.13 Å². The Balaban J connectivity index is 1.17. The summed E-state index contributed by atoms with van der Waals surface area (Å²) in [5.74, 6) is 0.711.